The summed E-state index contributed by atoms with van der Waals surface area (Å²) in [4.78, 5) is 4.16. The molecule has 1 aliphatic rings. The van der Waals surface area contributed by atoms with Crippen molar-refractivity contribution in [1.82, 2.24) is 10.4 Å². The lowest BCUT2D eigenvalue weighted by Gasteiger charge is -2.18. The van der Waals surface area contributed by atoms with Crippen molar-refractivity contribution in [3.8, 4) is 0 Å². The Morgan fingerprint density at radius 1 is 1.59 bits per heavy atom. The van der Waals surface area contributed by atoms with E-state index >= 15 is 0 Å². The molecule has 0 saturated carbocycles. The summed E-state index contributed by atoms with van der Waals surface area (Å²) in [7, 11) is 0. The Labute approximate surface area is 110 Å². The highest BCUT2D eigenvalue weighted by molar-refractivity contribution is 9.10. The van der Waals surface area contributed by atoms with E-state index in [1.807, 2.05) is 12.3 Å². The number of nitrogens with two attached hydrogens (primary N) is 1. The highest BCUT2D eigenvalue weighted by Crippen LogP contribution is 2.24. The summed E-state index contributed by atoms with van der Waals surface area (Å²) in [6, 6.07) is 2.19. The molecule has 1 saturated heterocycles. The molecule has 2 rings (SSSR count). The molecular formula is C12H18BrN3O. The lowest BCUT2D eigenvalue weighted by atomic mass is 10.0. The molecule has 1 aromatic heterocycles. The smallest absolute Gasteiger partial charge is 0.0576 e. The van der Waals surface area contributed by atoms with E-state index in [0.29, 0.717) is 6.10 Å². The van der Waals surface area contributed by atoms with Gasteiger partial charge in [-0.3, -0.25) is 16.3 Å². The minimum Gasteiger partial charge on any atom is -0.378 e. The Balaban J connectivity index is 1.91. The number of hydrazine groups is 1. The van der Waals surface area contributed by atoms with E-state index in [9.17, 15) is 0 Å². The number of aromatic nitrogens is 1. The molecule has 0 aromatic carbocycles. The van der Waals surface area contributed by atoms with E-state index in [4.69, 9.17) is 10.6 Å². The Kier molecular flexibility index (Phi) is 4.91. The first-order valence-electron chi connectivity index (χ1n) is 5.98. The van der Waals surface area contributed by atoms with Crippen LogP contribution < -0.4 is 11.3 Å². The minimum absolute atomic E-state index is 0.143. The van der Waals surface area contributed by atoms with Crippen LogP contribution >= 0.6 is 15.9 Å². The Hall–Kier alpha value is -0.490. The number of halogens is 1. The van der Waals surface area contributed by atoms with Crippen molar-refractivity contribution < 1.29 is 4.74 Å². The van der Waals surface area contributed by atoms with Gasteiger partial charge < -0.3 is 4.74 Å². The topological polar surface area (TPSA) is 60.2 Å². The molecule has 2 atom stereocenters. The molecule has 0 aliphatic carbocycles. The maximum Gasteiger partial charge on any atom is 0.0576 e. The van der Waals surface area contributed by atoms with E-state index in [1.54, 1.807) is 6.20 Å². The number of hydrogen-bond donors (Lipinski definition) is 2. The monoisotopic (exact) mass is 299 g/mol. The fourth-order valence-corrected chi connectivity index (χ4v) is 2.57. The first kappa shape index (κ1) is 13.0. The van der Waals surface area contributed by atoms with Crippen LogP contribution in [0.25, 0.3) is 0 Å². The third-order valence-electron chi connectivity index (χ3n) is 3.13. The largest absolute Gasteiger partial charge is 0.378 e. The zero-order valence-corrected chi connectivity index (χ0v) is 11.3. The second-order valence-corrected chi connectivity index (χ2v) is 5.28. The van der Waals surface area contributed by atoms with Crippen molar-refractivity contribution in [2.45, 2.75) is 37.8 Å². The molecule has 1 fully saturated rings. The van der Waals surface area contributed by atoms with Gasteiger partial charge >= 0.3 is 0 Å². The predicted octanol–water partition coefficient (Wildman–Crippen LogP) is 2.31. The molecule has 0 radical (unpaired) electrons. The molecule has 17 heavy (non-hydrogen) atoms. The summed E-state index contributed by atoms with van der Waals surface area (Å²) in [6.45, 7) is 0.907. The fraction of sp³-hybridized carbons (Fsp3) is 0.583. The summed E-state index contributed by atoms with van der Waals surface area (Å²) in [6.07, 6.45) is 8.41. The second-order valence-electron chi connectivity index (χ2n) is 4.37. The summed E-state index contributed by atoms with van der Waals surface area (Å²) in [5.74, 6) is 5.61. The zero-order valence-electron chi connectivity index (χ0n) is 9.73. The van der Waals surface area contributed by atoms with Gasteiger partial charge in [-0.2, -0.15) is 0 Å². The van der Waals surface area contributed by atoms with E-state index in [2.05, 4.69) is 26.3 Å². The van der Waals surface area contributed by atoms with Crippen molar-refractivity contribution in [1.29, 1.82) is 0 Å². The molecule has 5 heteroatoms. The number of pyridine rings is 1. The molecular weight excluding hydrogens is 282 g/mol. The van der Waals surface area contributed by atoms with Gasteiger partial charge in [-0.1, -0.05) is 0 Å². The molecule has 94 valence electrons. The van der Waals surface area contributed by atoms with E-state index in [1.165, 1.54) is 12.8 Å². The van der Waals surface area contributed by atoms with Crippen LogP contribution in [0.4, 0.5) is 0 Å². The third kappa shape index (κ3) is 3.74. The van der Waals surface area contributed by atoms with Crippen molar-refractivity contribution >= 4 is 15.9 Å². The van der Waals surface area contributed by atoms with Crippen molar-refractivity contribution in [2.75, 3.05) is 6.61 Å². The van der Waals surface area contributed by atoms with Crippen LogP contribution in [0.1, 0.15) is 37.3 Å². The van der Waals surface area contributed by atoms with E-state index < -0.39 is 0 Å². The number of rotatable bonds is 5. The SMILES string of the molecule is NNC(CCC1CCCO1)c1cncc(Br)c1. The van der Waals surface area contributed by atoms with Crippen molar-refractivity contribution in [3.05, 3.63) is 28.5 Å². The molecule has 0 spiro atoms. The van der Waals surface area contributed by atoms with Crippen LogP contribution in [0.5, 0.6) is 0 Å². The van der Waals surface area contributed by atoms with Gasteiger partial charge in [0.1, 0.15) is 0 Å². The normalized spacial score (nSPS) is 21.6. The summed E-state index contributed by atoms with van der Waals surface area (Å²) in [5, 5.41) is 0. The molecule has 0 amide bonds. The molecule has 4 nitrogen and oxygen atoms in total. The molecule has 1 aliphatic heterocycles. The lowest BCUT2D eigenvalue weighted by molar-refractivity contribution is 0.0996. The van der Waals surface area contributed by atoms with Crippen LogP contribution in [0, 0.1) is 0 Å². The van der Waals surface area contributed by atoms with Gasteiger partial charge in [0.15, 0.2) is 0 Å². The van der Waals surface area contributed by atoms with Crippen LogP contribution in [0.3, 0.4) is 0 Å². The van der Waals surface area contributed by atoms with Crippen molar-refractivity contribution in [3.63, 3.8) is 0 Å². The lowest BCUT2D eigenvalue weighted by Crippen LogP contribution is -2.29. The Morgan fingerprint density at radius 2 is 2.47 bits per heavy atom. The number of nitrogens with zero attached hydrogens (tertiary/aromatic N) is 1. The number of ether oxygens (including phenoxy) is 1. The Bertz CT molecular complexity index is 355. The maximum atomic E-state index is 5.61. The van der Waals surface area contributed by atoms with Gasteiger partial charge in [-0.05, 0) is 53.2 Å². The van der Waals surface area contributed by atoms with Gasteiger partial charge in [0.05, 0.1) is 6.10 Å². The van der Waals surface area contributed by atoms with Crippen LogP contribution in [0.15, 0.2) is 22.9 Å². The van der Waals surface area contributed by atoms with Crippen LogP contribution in [0.2, 0.25) is 0 Å². The third-order valence-corrected chi connectivity index (χ3v) is 3.56. The van der Waals surface area contributed by atoms with Gasteiger partial charge in [0, 0.05) is 29.5 Å². The van der Waals surface area contributed by atoms with Crippen LogP contribution in [-0.2, 0) is 4.74 Å². The summed E-state index contributed by atoms with van der Waals surface area (Å²) < 4.78 is 6.59. The van der Waals surface area contributed by atoms with Gasteiger partial charge in [0.25, 0.3) is 0 Å². The zero-order chi connectivity index (χ0) is 12.1. The van der Waals surface area contributed by atoms with E-state index in [-0.39, 0.29) is 6.04 Å². The summed E-state index contributed by atoms with van der Waals surface area (Å²) in [5.41, 5.74) is 3.96. The summed E-state index contributed by atoms with van der Waals surface area (Å²) >= 11 is 3.42. The average molecular weight is 300 g/mol. The highest BCUT2D eigenvalue weighted by atomic mass is 79.9. The Morgan fingerprint density at radius 3 is 3.12 bits per heavy atom. The molecule has 2 heterocycles. The standard InChI is InChI=1S/C12H18BrN3O/c13-10-6-9(7-15-8-10)12(16-14)4-3-11-2-1-5-17-11/h6-8,11-12,16H,1-5,14H2. The maximum absolute atomic E-state index is 5.61. The first-order valence-corrected chi connectivity index (χ1v) is 6.77. The second kappa shape index (κ2) is 6.44. The molecule has 1 aromatic rings. The predicted molar refractivity (Wildman–Crippen MR) is 70.2 cm³/mol. The highest BCUT2D eigenvalue weighted by Gasteiger charge is 2.18. The number of nitrogens with one attached hydrogen (secondary N) is 1. The van der Waals surface area contributed by atoms with E-state index in [0.717, 1.165) is 29.5 Å². The fourth-order valence-electron chi connectivity index (χ4n) is 2.19. The quantitative estimate of drug-likeness (QED) is 0.647. The van der Waals surface area contributed by atoms with Crippen molar-refractivity contribution in [2.24, 2.45) is 5.84 Å². The minimum atomic E-state index is 0.143. The van der Waals surface area contributed by atoms with Gasteiger partial charge in [-0.15, -0.1) is 0 Å². The molecule has 2 unspecified atom stereocenters. The number of hydrogen-bond acceptors (Lipinski definition) is 4. The van der Waals surface area contributed by atoms with Gasteiger partial charge in [-0.25, -0.2) is 0 Å². The van der Waals surface area contributed by atoms with Gasteiger partial charge in [0.2, 0.25) is 0 Å². The molecule has 3 N–H and O–H groups in total. The average Bonchev–Trinajstić information content (AvgIpc) is 2.83. The molecule has 0 bridgehead atoms. The first-order chi connectivity index (χ1) is 8.29. The van der Waals surface area contributed by atoms with Crippen LogP contribution in [-0.4, -0.2) is 17.7 Å².